The first-order valence-corrected chi connectivity index (χ1v) is 8.76. The molecule has 3 heterocycles. The van der Waals surface area contributed by atoms with Crippen LogP contribution >= 0.6 is 22.7 Å². The molecule has 0 amide bonds. The molecule has 5 nitrogen and oxygen atoms in total. The van der Waals surface area contributed by atoms with Crippen molar-refractivity contribution in [3.05, 3.63) is 39.8 Å². The highest BCUT2D eigenvalue weighted by Crippen LogP contribution is 2.29. The normalized spacial score (nSPS) is 11.0. The van der Waals surface area contributed by atoms with Crippen LogP contribution in [0.5, 0.6) is 0 Å². The second-order valence-corrected chi connectivity index (χ2v) is 7.03. The molecule has 7 heteroatoms. The van der Waals surface area contributed by atoms with Gasteiger partial charge in [0.2, 0.25) is 0 Å². The average Bonchev–Trinajstić information content (AvgIpc) is 3.21. The summed E-state index contributed by atoms with van der Waals surface area (Å²) < 4.78 is 1.83. The zero-order valence-electron chi connectivity index (χ0n) is 12.5. The molecular weight excluding hydrogens is 316 g/mol. The van der Waals surface area contributed by atoms with Crippen LogP contribution in [0.4, 0.5) is 5.82 Å². The summed E-state index contributed by atoms with van der Waals surface area (Å²) in [6.07, 6.45) is 1.92. The summed E-state index contributed by atoms with van der Waals surface area (Å²) in [7, 11) is 0. The summed E-state index contributed by atoms with van der Waals surface area (Å²) in [5.74, 6) is 0.970. The maximum Gasteiger partial charge on any atom is 0.133 e. The molecule has 0 saturated carbocycles. The van der Waals surface area contributed by atoms with Crippen molar-refractivity contribution in [3.8, 4) is 9.88 Å². The molecule has 2 N–H and O–H groups in total. The van der Waals surface area contributed by atoms with Crippen LogP contribution in [-0.4, -0.2) is 26.5 Å². The molecule has 0 atom stereocenters. The minimum absolute atomic E-state index is 0.0817. The van der Waals surface area contributed by atoms with Gasteiger partial charge in [0, 0.05) is 16.6 Å². The molecule has 3 aromatic rings. The molecule has 22 heavy (non-hydrogen) atoms. The van der Waals surface area contributed by atoms with E-state index < -0.39 is 0 Å². The van der Waals surface area contributed by atoms with E-state index in [-0.39, 0.29) is 6.61 Å². The summed E-state index contributed by atoms with van der Waals surface area (Å²) in [5.41, 5.74) is 2.11. The lowest BCUT2D eigenvalue weighted by molar-refractivity contribution is 0.270. The summed E-state index contributed by atoms with van der Waals surface area (Å²) in [5, 5.41) is 20.1. The predicted octanol–water partition coefficient (Wildman–Crippen LogP) is 3.29. The summed E-state index contributed by atoms with van der Waals surface area (Å²) in [6.45, 7) is 5.32. The standard InChI is InChI=1S/C15H18N4OS2/c1-10-11(2)18-19(5-6-20)14(10)16-8-12-9-17-15(22-12)13-4-3-7-21-13/h3-4,7,9,16,20H,5-6,8H2,1-2H3. The molecule has 0 saturated heterocycles. The van der Waals surface area contributed by atoms with E-state index in [4.69, 9.17) is 5.11 Å². The monoisotopic (exact) mass is 334 g/mol. The molecule has 0 bridgehead atoms. The van der Waals surface area contributed by atoms with Crippen LogP contribution in [0.2, 0.25) is 0 Å². The van der Waals surface area contributed by atoms with Gasteiger partial charge in [0.15, 0.2) is 0 Å². The van der Waals surface area contributed by atoms with Crippen molar-refractivity contribution in [2.75, 3.05) is 11.9 Å². The summed E-state index contributed by atoms with van der Waals surface area (Å²) in [6, 6.07) is 4.13. The Balaban J connectivity index is 1.73. The number of thiazole rings is 1. The Bertz CT molecular complexity index is 746. The maximum absolute atomic E-state index is 9.14. The van der Waals surface area contributed by atoms with Gasteiger partial charge in [-0.1, -0.05) is 6.07 Å². The van der Waals surface area contributed by atoms with Crippen LogP contribution in [0.1, 0.15) is 16.1 Å². The fraction of sp³-hybridized carbons (Fsp3) is 0.333. The van der Waals surface area contributed by atoms with Crippen molar-refractivity contribution in [2.24, 2.45) is 0 Å². The highest BCUT2D eigenvalue weighted by atomic mass is 32.1. The van der Waals surface area contributed by atoms with Crippen molar-refractivity contribution < 1.29 is 5.11 Å². The molecule has 0 radical (unpaired) electrons. The highest BCUT2D eigenvalue weighted by Gasteiger charge is 2.12. The van der Waals surface area contributed by atoms with E-state index in [0.717, 1.165) is 22.1 Å². The lowest BCUT2D eigenvalue weighted by Gasteiger charge is -2.08. The van der Waals surface area contributed by atoms with Gasteiger partial charge in [-0.05, 0) is 25.3 Å². The van der Waals surface area contributed by atoms with E-state index in [1.54, 1.807) is 22.7 Å². The fourth-order valence-electron chi connectivity index (χ4n) is 2.23. The van der Waals surface area contributed by atoms with Gasteiger partial charge in [0.25, 0.3) is 0 Å². The molecule has 0 aliphatic heterocycles. The largest absolute Gasteiger partial charge is 0.394 e. The molecule has 3 aromatic heterocycles. The fourth-order valence-corrected chi connectivity index (χ4v) is 3.88. The second-order valence-electron chi connectivity index (χ2n) is 4.97. The molecule has 0 aliphatic carbocycles. The van der Waals surface area contributed by atoms with Crippen LogP contribution in [0, 0.1) is 13.8 Å². The van der Waals surface area contributed by atoms with Crippen molar-refractivity contribution >= 4 is 28.5 Å². The zero-order valence-corrected chi connectivity index (χ0v) is 14.2. The zero-order chi connectivity index (χ0) is 15.5. The number of anilines is 1. The minimum Gasteiger partial charge on any atom is -0.394 e. The van der Waals surface area contributed by atoms with Crippen molar-refractivity contribution in [3.63, 3.8) is 0 Å². The Morgan fingerprint density at radius 3 is 2.95 bits per heavy atom. The number of nitrogens with one attached hydrogen (secondary N) is 1. The summed E-state index contributed by atoms with van der Waals surface area (Å²) >= 11 is 3.40. The van der Waals surface area contributed by atoms with Crippen molar-refractivity contribution in [1.82, 2.24) is 14.8 Å². The van der Waals surface area contributed by atoms with E-state index >= 15 is 0 Å². The molecule has 0 fully saturated rings. The Kier molecular flexibility index (Phi) is 4.56. The number of nitrogens with zero attached hydrogens (tertiary/aromatic N) is 3. The van der Waals surface area contributed by atoms with Crippen LogP contribution in [0.3, 0.4) is 0 Å². The molecular formula is C15H18N4OS2. The minimum atomic E-state index is 0.0817. The smallest absolute Gasteiger partial charge is 0.133 e. The second kappa shape index (κ2) is 6.60. The first-order chi connectivity index (χ1) is 10.7. The van der Waals surface area contributed by atoms with E-state index in [2.05, 4.69) is 26.8 Å². The Hall–Kier alpha value is -1.70. The number of aliphatic hydroxyl groups excluding tert-OH is 1. The molecule has 3 rings (SSSR count). The molecule has 0 spiro atoms. The van der Waals surface area contributed by atoms with Gasteiger partial charge in [0.05, 0.1) is 30.3 Å². The van der Waals surface area contributed by atoms with Crippen LogP contribution in [0.15, 0.2) is 23.7 Å². The number of hydrogen-bond donors (Lipinski definition) is 2. The third-order valence-electron chi connectivity index (χ3n) is 3.45. The van der Waals surface area contributed by atoms with E-state index in [1.165, 1.54) is 9.75 Å². The topological polar surface area (TPSA) is 63.0 Å². The first-order valence-electron chi connectivity index (χ1n) is 7.06. The maximum atomic E-state index is 9.14. The van der Waals surface area contributed by atoms with Crippen LogP contribution in [-0.2, 0) is 13.1 Å². The predicted molar refractivity (Wildman–Crippen MR) is 91.5 cm³/mol. The van der Waals surface area contributed by atoms with Gasteiger partial charge in [-0.3, -0.25) is 0 Å². The lowest BCUT2D eigenvalue weighted by atomic mass is 10.3. The SMILES string of the molecule is Cc1nn(CCO)c(NCc2cnc(-c3cccs3)s2)c1C. The van der Waals surface area contributed by atoms with Gasteiger partial charge < -0.3 is 10.4 Å². The number of aromatic nitrogens is 3. The first kappa shape index (κ1) is 15.2. The van der Waals surface area contributed by atoms with E-state index in [1.807, 2.05) is 30.8 Å². The van der Waals surface area contributed by atoms with Crippen LogP contribution < -0.4 is 5.32 Å². The number of thiophene rings is 1. The quantitative estimate of drug-likeness (QED) is 0.726. The average molecular weight is 334 g/mol. The number of aliphatic hydroxyl groups is 1. The van der Waals surface area contributed by atoms with Gasteiger partial charge in [-0.25, -0.2) is 9.67 Å². The van der Waals surface area contributed by atoms with Gasteiger partial charge in [0.1, 0.15) is 10.8 Å². The molecule has 0 unspecified atom stereocenters. The number of rotatable bonds is 6. The highest BCUT2D eigenvalue weighted by molar-refractivity contribution is 7.20. The third-order valence-corrected chi connectivity index (χ3v) is 5.49. The number of hydrogen-bond acceptors (Lipinski definition) is 6. The van der Waals surface area contributed by atoms with Crippen molar-refractivity contribution in [1.29, 1.82) is 0 Å². The third kappa shape index (κ3) is 3.06. The summed E-state index contributed by atoms with van der Waals surface area (Å²) in [4.78, 5) is 6.86. The van der Waals surface area contributed by atoms with Crippen LogP contribution in [0.25, 0.3) is 9.88 Å². The van der Waals surface area contributed by atoms with E-state index in [0.29, 0.717) is 13.1 Å². The van der Waals surface area contributed by atoms with Gasteiger partial charge in [-0.2, -0.15) is 5.10 Å². The van der Waals surface area contributed by atoms with Crippen molar-refractivity contribution in [2.45, 2.75) is 26.9 Å². The number of aryl methyl sites for hydroxylation is 1. The van der Waals surface area contributed by atoms with Gasteiger partial charge in [-0.15, -0.1) is 22.7 Å². The Morgan fingerprint density at radius 2 is 2.23 bits per heavy atom. The van der Waals surface area contributed by atoms with Gasteiger partial charge >= 0.3 is 0 Å². The Labute approximate surface area is 137 Å². The Morgan fingerprint density at radius 1 is 1.36 bits per heavy atom. The van der Waals surface area contributed by atoms with E-state index in [9.17, 15) is 0 Å². The molecule has 0 aromatic carbocycles. The molecule has 0 aliphatic rings. The lowest BCUT2D eigenvalue weighted by Crippen LogP contribution is -2.10. The molecule has 116 valence electrons.